The Bertz CT molecular complexity index is 664. The molecular formula is C18H23ClN2OS. The molecule has 23 heavy (non-hydrogen) atoms. The van der Waals surface area contributed by atoms with Gasteiger partial charge in [-0.3, -0.25) is 0 Å². The number of carbonyl (C=O) groups is 1. The molecule has 2 amide bonds. The van der Waals surface area contributed by atoms with Crippen LogP contribution in [-0.2, 0) is 12.0 Å². The highest BCUT2D eigenvalue weighted by Gasteiger charge is 2.22. The van der Waals surface area contributed by atoms with Crippen molar-refractivity contribution in [2.75, 3.05) is 13.6 Å². The monoisotopic (exact) mass is 350 g/mol. The minimum absolute atomic E-state index is 0.0557. The van der Waals surface area contributed by atoms with Crippen molar-refractivity contribution < 1.29 is 4.79 Å². The van der Waals surface area contributed by atoms with E-state index in [0.717, 1.165) is 10.6 Å². The van der Waals surface area contributed by atoms with Crippen LogP contribution in [0.5, 0.6) is 0 Å². The lowest BCUT2D eigenvalue weighted by Crippen LogP contribution is -2.42. The van der Waals surface area contributed by atoms with Gasteiger partial charge in [-0.2, -0.15) is 0 Å². The minimum Gasteiger partial charge on any atom is -0.337 e. The topological polar surface area (TPSA) is 32.3 Å². The van der Waals surface area contributed by atoms with Gasteiger partial charge in [0, 0.05) is 28.9 Å². The van der Waals surface area contributed by atoms with Gasteiger partial charge in [-0.15, -0.1) is 11.3 Å². The van der Waals surface area contributed by atoms with Crippen LogP contribution in [0, 0.1) is 6.92 Å². The van der Waals surface area contributed by atoms with E-state index in [1.54, 1.807) is 16.2 Å². The fraction of sp³-hybridized carbons (Fsp3) is 0.389. The number of halogens is 1. The predicted octanol–water partition coefficient (Wildman–Crippen LogP) is 4.83. The van der Waals surface area contributed by atoms with E-state index in [0.29, 0.717) is 13.1 Å². The minimum atomic E-state index is -0.153. The molecule has 2 rings (SSSR count). The van der Waals surface area contributed by atoms with E-state index >= 15 is 0 Å². The van der Waals surface area contributed by atoms with Gasteiger partial charge in [0.2, 0.25) is 0 Å². The van der Waals surface area contributed by atoms with Crippen LogP contribution in [0.1, 0.15) is 29.9 Å². The molecule has 0 radical (unpaired) electrons. The Kier molecular flexibility index (Phi) is 5.71. The highest BCUT2D eigenvalue weighted by molar-refractivity contribution is 7.10. The fourth-order valence-corrected chi connectivity index (χ4v) is 3.37. The van der Waals surface area contributed by atoms with Crippen molar-refractivity contribution in [1.29, 1.82) is 0 Å². The summed E-state index contributed by atoms with van der Waals surface area (Å²) in [4.78, 5) is 15.3. The number of carbonyl (C=O) groups excluding carboxylic acids is 1. The summed E-state index contributed by atoms with van der Waals surface area (Å²) in [7, 11) is 1.82. The van der Waals surface area contributed by atoms with Gasteiger partial charge in [-0.1, -0.05) is 37.6 Å². The molecule has 1 N–H and O–H groups in total. The molecule has 0 saturated carbocycles. The number of rotatable bonds is 5. The van der Waals surface area contributed by atoms with E-state index in [4.69, 9.17) is 11.6 Å². The molecule has 0 spiro atoms. The maximum Gasteiger partial charge on any atom is 0.317 e. The maximum absolute atomic E-state index is 12.3. The first-order chi connectivity index (χ1) is 10.8. The first-order valence-electron chi connectivity index (χ1n) is 7.57. The highest BCUT2D eigenvalue weighted by atomic mass is 35.5. The lowest BCUT2D eigenvalue weighted by Gasteiger charge is -2.27. The third-order valence-electron chi connectivity index (χ3n) is 4.00. The molecule has 0 fully saturated rings. The van der Waals surface area contributed by atoms with Gasteiger partial charge in [-0.05, 0) is 41.6 Å². The zero-order valence-corrected chi connectivity index (χ0v) is 15.6. The van der Waals surface area contributed by atoms with Crippen molar-refractivity contribution in [2.45, 2.75) is 32.7 Å². The lowest BCUT2D eigenvalue weighted by molar-refractivity contribution is 0.204. The average molecular weight is 351 g/mol. The summed E-state index contributed by atoms with van der Waals surface area (Å²) in [6, 6.07) is 9.80. The summed E-state index contributed by atoms with van der Waals surface area (Å²) in [5.41, 5.74) is 2.23. The smallest absolute Gasteiger partial charge is 0.317 e. The van der Waals surface area contributed by atoms with E-state index < -0.39 is 0 Å². The van der Waals surface area contributed by atoms with Crippen molar-refractivity contribution in [2.24, 2.45) is 0 Å². The summed E-state index contributed by atoms with van der Waals surface area (Å²) >= 11 is 7.62. The number of benzene rings is 1. The molecule has 1 aromatic heterocycles. The average Bonchev–Trinajstić information content (AvgIpc) is 2.90. The first kappa shape index (κ1) is 17.8. The van der Waals surface area contributed by atoms with Gasteiger partial charge in [0.25, 0.3) is 0 Å². The number of nitrogens with zero attached hydrogens (tertiary/aromatic N) is 1. The standard InChI is InChI=1S/C18H23ClN2OS/c1-13-9-10-23-16(13)11-21(4)17(22)20-12-18(2,3)14-5-7-15(19)8-6-14/h5-10H,11-12H2,1-4H3,(H,20,22). The Morgan fingerprint density at radius 1 is 1.26 bits per heavy atom. The second-order valence-electron chi connectivity index (χ2n) is 6.43. The van der Waals surface area contributed by atoms with Crippen LogP contribution in [0.3, 0.4) is 0 Å². The molecule has 124 valence electrons. The summed E-state index contributed by atoms with van der Waals surface area (Å²) in [5, 5.41) is 5.80. The lowest BCUT2D eigenvalue weighted by atomic mass is 9.85. The molecule has 0 aliphatic heterocycles. The largest absolute Gasteiger partial charge is 0.337 e. The summed E-state index contributed by atoms with van der Waals surface area (Å²) in [6.07, 6.45) is 0. The second kappa shape index (κ2) is 7.37. The Balaban J connectivity index is 1.92. The van der Waals surface area contributed by atoms with E-state index in [2.05, 4.69) is 37.5 Å². The van der Waals surface area contributed by atoms with Crippen LogP contribution in [0.25, 0.3) is 0 Å². The van der Waals surface area contributed by atoms with Gasteiger partial charge >= 0.3 is 6.03 Å². The van der Waals surface area contributed by atoms with Gasteiger partial charge in [-0.25, -0.2) is 4.79 Å². The van der Waals surface area contributed by atoms with Crippen molar-refractivity contribution in [3.05, 3.63) is 56.7 Å². The zero-order valence-electron chi connectivity index (χ0n) is 14.0. The van der Waals surface area contributed by atoms with Crippen LogP contribution >= 0.6 is 22.9 Å². The number of thiophene rings is 1. The second-order valence-corrected chi connectivity index (χ2v) is 7.87. The molecule has 0 aliphatic rings. The Morgan fingerprint density at radius 2 is 1.91 bits per heavy atom. The van der Waals surface area contributed by atoms with Crippen LogP contribution in [0.15, 0.2) is 35.7 Å². The van der Waals surface area contributed by atoms with E-state index in [1.165, 1.54) is 10.4 Å². The number of hydrogen-bond acceptors (Lipinski definition) is 2. The molecule has 0 bridgehead atoms. The molecule has 3 nitrogen and oxygen atoms in total. The first-order valence-corrected chi connectivity index (χ1v) is 8.83. The van der Waals surface area contributed by atoms with Crippen LogP contribution in [0.4, 0.5) is 4.79 Å². The summed E-state index contributed by atoms with van der Waals surface area (Å²) in [5.74, 6) is 0. The number of aryl methyl sites for hydroxylation is 1. The van der Waals surface area contributed by atoms with Crippen molar-refractivity contribution >= 4 is 29.0 Å². The molecule has 1 heterocycles. The van der Waals surface area contributed by atoms with Gasteiger partial charge in [0.1, 0.15) is 0 Å². The quantitative estimate of drug-likeness (QED) is 0.823. The fourth-order valence-electron chi connectivity index (χ4n) is 2.29. The molecule has 0 saturated heterocycles. The highest BCUT2D eigenvalue weighted by Crippen LogP contribution is 2.24. The number of urea groups is 1. The summed E-state index contributed by atoms with van der Waals surface area (Å²) in [6.45, 7) is 7.50. The van der Waals surface area contributed by atoms with Gasteiger partial charge < -0.3 is 10.2 Å². The van der Waals surface area contributed by atoms with Crippen molar-refractivity contribution in [3.8, 4) is 0 Å². The van der Waals surface area contributed by atoms with E-state index in [9.17, 15) is 4.79 Å². The Hall–Kier alpha value is -1.52. The van der Waals surface area contributed by atoms with Crippen molar-refractivity contribution in [3.63, 3.8) is 0 Å². The molecule has 2 aromatic rings. The molecular weight excluding hydrogens is 328 g/mol. The van der Waals surface area contributed by atoms with E-state index in [1.807, 2.05) is 31.3 Å². The van der Waals surface area contributed by atoms with Crippen LogP contribution in [-0.4, -0.2) is 24.5 Å². The third kappa shape index (κ3) is 4.72. The SMILES string of the molecule is Cc1ccsc1CN(C)C(=O)NCC(C)(C)c1ccc(Cl)cc1. The molecule has 1 aromatic carbocycles. The molecule has 0 unspecified atom stereocenters. The van der Waals surface area contributed by atoms with Gasteiger partial charge in [0.05, 0.1) is 6.54 Å². The molecule has 5 heteroatoms. The maximum atomic E-state index is 12.3. The van der Waals surface area contributed by atoms with Crippen LogP contribution in [0.2, 0.25) is 5.02 Å². The number of nitrogens with one attached hydrogen (secondary N) is 1. The third-order valence-corrected chi connectivity index (χ3v) is 5.26. The number of amides is 2. The Morgan fingerprint density at radius 3 is 2.48 bits per heavy atom. The van der Waals surface area contributed by atoms with Gasteiger partial charge in [0.15, 0.2) is 0 Å². The molecule has 0 aliphatic carbocycles. The van der Waals surface area contributed by atoms with Crippen molar-refractivity contribution in [1.82, 2.24) is 10.2 Å². The number of hydrogen-bond donors (Lipinski definition) is 1. The predicted molar refractivity (Wildman–Crippen MR) is 98.4 cm³/mol. The normalized spacial score (nSPS) is 11.3. The van der Waals surface area contributed by atoms with E-state index in [-0.39, 0.29) is 11.4 Å². The Labute approximate surface area is 147 Å². The zero-order chi connectivity index (χ0) is 17.0. The van der Waals surface area contributed by atoms with Crippen LogP contribution < -0.4 is 5.32 Å². The molecule has 0 atom stereocenters. The summed E-state index contributed by atoms with van der Waals surface area (Å²) < 4.78 is 0.